The van der Waals surface area contributed by atoms with Crippen LogP contribution in [0.15, 0.2) is 6.20 Å². The largest absolute Gasteiger partial charge is 0.468 e. The van der Waals surface area contributed by atoms with E-state index in [-0.39, 0.29) is 19.0 Å². The maximum absolute atomic E-state index is 11.9. The Bertz CT molecular complexity index is 596. The Labute approximate surface area is 171 Å². The summed E-state index contributed by atoms with van der Waals surface area (Å²) in [5.41, 5.74) is 0.823. The highest BCUT2D eigenvalue weighted by Crippen LogP contribution is 2.02. The number of ether oxygens (including phenoxy) is 1. The third kappa shape index (κ3) is 10.3. The standard InChI is InChI=1S/C18H34N8O3/c1-29-18(28)12-22-17(27)15-26-14-16(23-24-26)13-25-10-3-6-20-8-7-19-4-2-5-21-9-11-25/h14,19-21H,2-13,15H2,1H3,(H,22,27). The lowest BCUT2D eigenvalue weighted by Gasteiger charge is -2.22. The van der Waals surface area contributed by atoms with Gasteiger partial charge in [-0.05, 0) is 39.0 Å². The average Bonchev–Trinajstić information content (AvgIpc) is 3.15. The van der Waals surface area contributed by atoms with Crippen molar-refractivity contribution in [1.29, 1.82) is 0 Å². The van der Waals surface area contributed by atoms with Gasteiger partial charge in [-0.15, -0.1) is 5.10 Å². The Morgan fingerprint density at radius 3 is 2.55 bits per heavy atom. The topological polar surface area (TPSA) is 125 Å². The van der Waals surface area contributed by atoms with E-state index in [2.05, 4.69) is 41.2 Å². The van der Waals surface area contributed by atoms with Crippen LogP contribution in [0, 0.1) is 0 Å². The molecule has 0 unspecified atom stereocenters. The monoisotopic (exact) mass is 410 g/mol. The van der Waals surface area contributed by atoms with Crippen LogP contribution in [0.5, 0.6) is 0 Å². The summed E-state index contributed by atoms with van der Waals surface area (Å²) in [6.07, 6.45) is 3.96. The van der Waals surface area contributed by atoms with E-state index < -0.39 is 5.97 Å². The number of esters is 1. The molecule has 1 aromatic rings. The van der Waals surface area contributed by atoms with Crippen LogP contribution in [-0.4, -0.2) is 97.8 Å². The first-order valence-electron chi connectivity index (χ1n) is 10.2. The van der Waals surface area contributed by atoms with Crippen LogP contribution in [-0.2, 0) is 27.4 Å². The van der Waals surface area contributed by atoms with E-state index in [1.54, 1.807) is 6.20 Å². The van der Waals surface area contributed by atoms with Gasteiger partial charge < -0.3 is 26.0 Å². The van der Waals surface area contributed by atoms with Crippen LogP contribution in [0.25, 0.3) is 0 Å². The molecule has 11 nitrogen and oxygen atoms in total. The molecule has 0 radical (unpaired) electrons. The quantitative estimate of drug-likeness (QED) is 0.391. The number of rotatable bonds is 6. The van der Waals surface area contributed by atoms with E-state index in [1.807, 2.05) is 0 Å². The number of aromatic nitrogens is 3. The third-order valence-electron chi connectivity index (χ3n) is 4.55. The van der Waals surface area contributed by atoms with Crippen molar-refractivity contribution in [3.63, 3.8) is 0 Å². The molecule has 0 saturated carbocycles. The first-order chi connectivity index (χ1) is 14.2. The molecule has 0 atom stereocenters. The molecular formula is C18H34N8O3. The van der Waals surface area contributed by atoms with Crippen LogP contribution in [0.2, 0.25) is 0 Å². The van der Waals surface area contributed by atoms with Crippen molar-refractivity contribution < 1.29 is 14.3 Å². The number of amides is 1. The van der Waals surface area contributed by atoms with Gasteiger partial charge in [-0.1, -0.05) is 5.21 Å². The molecule has 0 bridgehead atoms. The molecule has 1 aliphatic heterocycles. The Morgan fingerprint density at radius 1 is 1.07 bits per heavy atom. The van der Waals surface area contributed by atoms with Crippen LogP contribution >= 0.6 is 0 Å². The predicted molar refractivity (Wildman–Crippen MR) is 108 cm³/mol. The summed E-state index contributed by atoms with van der Waals surface area (Å²) < 4.78 is 5.98. The van der Waals surface area contributed by atoms with Crippen LogP contribution in [0.1, 0.15) is 18.5 Å². The number of hydrogen-bond acceptors (Lipinski definition) is 9. The van der Waals surface area contributed by atoms with Crippen LogP contribution in [0.3, 0.4) is 0 Å². The zero-order chi connectivity index (χ0) is 20.7. The molecule has 1 aliphatic rings. The van der Waals surface area contributed by atoms with Gasteiger partial charge >= 0.3 is 5.97 Å². The Morgan fingerprint density at radius 2 is 1.79 bits per heavy atom. The van der Waals surface area contributed by atoms with Gasteiger partial charge in [0, 0.05) is 32.7 Å². The highest BCUT2D eigenvalue weighted by atomic mass is 16.5. The van der Waals surface area contributed by atoms with E-state index in [4.69, 9.17) is 0 Å². The SMILES string of the molecule is COC(=O)CNC(=O)Cn1cc(CN2CCCNCCNCCCNCC2)nn1. The van der Waals surface area contributed by atoms with Crippen LogP contribution < -0.4 is 21.3 Å². The molecule has 4 N–H and O–H groups in total. The maximum Gasteiger partial charge on any atom is 0.325 e. The fourth-order valence-corrected chi connectivity index (χ4v) is 2.99. The third-order valence-corrected chi connectivity index (χ3v) is 4.55. The van der Waals surface area contributed by atoms with Gasteiger partial charge in [0.05, 0.1) is 19.0 Å². The normalized spacial score (nSPS) is 18.0. The maximum atomic E-state index is 11.9. The van der Waals surface area contributed by atoms with Gasteiger partial charge in [0.15, 0.2) is 0 Å². The van der Waals surface area contributed by atoms with Gasteiger partial charge in [0.1, 0.15) is 13.1 Å². The van der Waals surface area contributed by atoms with Crippen molar-refractivity contribution in [2.75, 3.05) is 66.0 Å². The highest BCUT2D eigenvalue weighted by Gasteiger charge is 2.11. The molecule has 0 aliphatic carbocycles. The summed E-state index contributed by atoms with van der Waals surface area (Å²) in [6, 6.07) is 0. The first kappa shape index (κ1) is 23.2. The van der Waals surface area contributed by atoms with Crippen molar-refractivity contribution >= 4 is 11.9 Å². The molecular weight excluding hydrogens is 376 g/mol. The van der Waals surface area contributed by atoms with Crippen molar-refractivity contribution in [3.8, 4) is 0 Å². The molecule has 11 heteroatoms. The Balaban J connectivity index is 1.79. The molecule has 2 rings (SSSR count). The highest BCUT2D eigenvalue weighted by molar-refractivity contribution is 5.81. The Kier molecular flexibility index (Phi) is 11.2. The number of hydrogen-bond donors (Lipinski definition) is 4. The van der Waals surface area contributed by atoms with E-state index in [0.717, 1.165) is 70.9 Å². The molecule has 1 fully saturated rings. The molecule has 0 aromatic carbocycles. The number of nitrogens with one attached hydrogen (secondary N) is 4. The molecule has 2 heterocycles. The summed E-state index contributed by atoms with van der Waals surface area (Å²) in [6.45, 7) is 8.39. The lowest BCUT2D eigenvalue weighted by molar-refractivity contribution is -0.141. The predicted octanol–water partition coefficient (Wildman–Crippen LogP) is -2.07. The van der Waals surface area contributed by atoms with E-state index in [0.29, 0.717) is 6.54 Å². The smallest absolute Gasteiger partial charge is 0.325 e. The summed E-state index contributed by atoms with van der Waals surface area (Å²) in [4.78, 5) is 25.3. The molecule has 29 heavy (non-hydrogen) atoms. The van der Waals surface area contributed by atoms with Gasteiger partial charge in [-0.2, -0.15) is 0 Å². The molecule has 1 amide bonds. The van der Waals surface area contributed by atoms with Crippen LogP contribution in [0.4, 0.5) is 0 Å². The van der Waals surface area contributed by atoms with Gasteiger partial charge in [0.25, 0.3) is 0 Å². The number of carbonyl (C=O) groups is 2. The van der Waals surface area contributed by atoms with E-state index in [9.17, 15) is 9.59 Å². The lowest BCUT2D eigenvalue weighted by Crippen LogP contribution is -2.36. The average molecular weight is 411 g/mol. The molecule has 0 spiro atoms. The number of nitrogens with zero attached hydrogens (tertiary/aromatic N) is 4. The minimum atomic E-state index is -0.487. The number of methoxy groups -OCH3 is 1. The Hall–Kier alpha value is -2.08. The van der Waals surface area contributed by atoms with Crippen molar-refractivity contribution in [1.82, 2.24) is 41.2 Å². The van der Waals surface area contributed by atoms with Crippen molar-refractivity contribution in [2.45, 2.75) is 25.9 Å². The van der Waals surface area contributed by atoms with Gasteiger partial charge in [-0.3, -0.25) is 14.5 Å². The second-order valence-corrected chi connectivity index (χ2v) is 6.99. The minimum Gasteiger partial charge on any atom is -0.468 e. The van der Waals surface area contributed by atoms with Crippen molar-refractivity contribution in [3.05, 3.63) is 11.9 Å². The van der Waals surface area contributed by atoms with Gasteiger partial charge in [0.2, 0.25) is 5.91 Å². The fourth-order valence-electron chi connectivity index (χ4n) is 2.99. The second-order valence-electron chi connectivity index (χ2n) is 6.99. The summed E-state index contributed by atoms with van der Waals surface area (Å²) >= 11 is 0. The summed E-state index contributed by atoms with van der Waals surface area (Å²) in [7, 11) is 1.28. The first-order valence-corrected chi connectivity index (χ1v) is 10.2. The molecule has 1 saturated heterocycles. The minimum absolute atomic E-state index is 0.0174. The summed E-state index contributed by atoms with van der Waals surface area (Å²) in [5, 5.41) is 21.1. The summed E-state index contributed by atoms with van der Waals surface area (Å²) in [5.74, 6) is -0.798. The van der Waals surface area contributed by atoms with E-state index in [1.165, 1.54) is 11.8 Å². The second kappa shape index (κ2) is 14.0. The zero-order valence-electron chi connectivity index (χ0n) is 17.3. The lowest BCUT2D eigenvalue weighted by atomic mass is 10.3. The fraction of sp³-hybridized carbons (Fsp3) is 0.778. The zero-order valence-corrected chi connectivity index (χ0v) is 17.3. The number of carbonyl (C=O) groups excluding carboxylic acids is 2. The van der Waals surface area contributed by atoms with E-state index >= 15 is 0 Å². The molecule has 1 aromatic heterocycles. The van der Waals surface area contributed by atoms with Gasteiger partial charge in [-0.25, -0.2) is 4.68 Å². The molecule has 164 valence electrons. The van der Waals surface area contributed by atoms with Crippen molar-refractivity contribution in [2.24, 2.45) is 0 Å².